The molecule has 0 radical (unpaired) electrons. The number of nitrogens with one attached hydrogen (secondary N) is 1. The third-order valence-electron chi connectivity index (χ3n) is 2.54. The standard InChI is InChI=1S/C12H18N2O3S/c1-4-13-12(15)9-10-5-7-11(8-6-10)14(2)18(3,16)17/h5-8H,4,9H2,1-3H3,(H,13,15). The first kappa shape index (κ1) is 14.5. The van der Waals surface area contributed by atoms with E-state index in [1.807, 2.05) is 6.92 Å². The van der Waals surface area contributed by atoms with E-state index >= 15 is 0 Å². The maximum atomic E-state index is 11.4. The fourth-order valence-electron chi connectivity index (χ4n) is 1.46. The quantitative estimate of drug-likeness (QED) is 0.859. The van der Waals surface area contributed by atoms with Gasteiger partial charge >= 0.3 is 0 Å². The Morgan fingerprint density at radius 1 is 1.28 bits per heavy atom. The molecule has 1 rings (SSSR count). The average Bonchev–Trinajstić information content (AvgIpc) is 2.28. The van der Waals surface area contributed by atoms with Gasteiger partial charge in [-0.2, -0.15) is 0 Å². The zero-order valence-electron chi connectivity index (χ0n) is 10.8. The van der Waals surface area contributed by atoms with Crippen LogP contribution in [0.4, 0.5) is 5.69 Å². The summed E-state index contributed by atoms with van der Waals surface area (Å²) in [6.07, 6.45) is 1.45. The second-order valence-electron chi connectivity index (χ2n) is 4.03. The number of likely N-dealkylation sites (N-methyl/N-ethyl adjacent to an activating group) is 1. The van der Waals surface area contributed by atoms with Crippen LogP contribution in [-0.4, -0.2) is 34.2 Å². The van der Waals surface area contributed by atoms with Crippen LogP contribution in [0.2, 0.25) is 0 Å². The van der Waals surface area contributed by atoms with Crippen LogP contribution in [-0.2, 0) is 21.2 Å². The van der Waals surface area contributed by atoms with Crippen molar-refractivity contribution in [1.82, 2.24) is 5.32 Å². The molecule has 0 saturated carbocycles. The van der Waals surface area contributed by atoms with Crippen LogP contribution in [0, 0.1) is 0 Å². The molecule has 6 heteroatoms. The first-order valence-electron chi connectivity index (χ1n) is 5.64. The van der Waals surface area contributed by atoms with Crippen molar-refractivity contribution in [3.8, 4) is 0 Å². The Bertz CT molecular complexity index is 509. The van der Waals surface area contributed by atoms with E-state index < -0.39 is 10.0 Å². The van der Waals surface area contributed by atoms with E-state index in [-0.39, 0.29) is 5.91 Å². The molecule has 0 aromatic heterocycles. The van der Waals surface area contributed by atoms with Gasteiger partial charge in [0.15, 0.2) is 0 Å². The lowest BCUT2D eigenvalue weighted by Gasteiger charge is -2.16. The van der Waals surface area contributed by atoms with Gasteiger partial charge in [0.25, 0.3) is 0 Å². The molecule has 0 saturated heterocycles. The Hall–Kier alpha value is -1.56. The van der Waals surface area contributed by atoms with E-state index in [0.717, 1.165) is 11.8 Å². The minimum absolute atomic E-state index is 0.0401. The number of sulfonamides is 1. The second-order valence-corrected chi connectivity index (χ2v) is 6.04. The van der Waals surface area contributed by atoms with Crippen LogP contribution >= 0.6 is 0 Å². The fraction of sp³-hybridized carbons (Fsp3) is 0.417. The van der Waals surface area contributed by atoms with Crippen LogP contribution < -0.4 is 9.62 Å². The number of anilines is 1. The van der Waals surface area contributed by atoms with Crippen molar-refractivity contribution in [3.05, 3.63) is 29.8 Å². The predicted octanol–water partition coefficient (Wildman–Crippen LogP) is 0.761. The lowest BCUT2D eigenvalue weighted by atomic mass is 10.1. The van der Waals surface area contributed by atoms with E-state index in [4.69, 9.17) is 0 Å². The summed E-state index contributed by atoms with van der Waals surface area (Å²) in [5.74, 6) is -0.0401. The van der Waals surface area contributed by atoms with Crippen molar-refractivity contribution in [2.75, 3.05) is 24.2 Å². The molecule has 0 heterocycles. The van der Waals surface area contributed by atoms with Gasteiger partial charge in [-0.05, 0) is 24.6 Å². The van der Waals surface area contributed by atoms with Gasteiger partial charge in [0, 0.05) is 13.6 Å². The van der Waals surface area contributed by atoms with Crippen molar-refractivity contribution in [1.29, 1.82) is 0 Å². The number of hydrogen-bond acceptors (Lipinski definition) is 3. The van der Waals surface area contributed by atoms with Crippen LogP contribution in [0.1, 0.15) is 12.5 Å². The highest BCUT2D eigenvalue weighted by atomic mass is 32.2. The van der Waals surface area contributed by atoms with E-state index in [1.54, 1.807) is 24.3 Å². The molecule has 1 aromatic carbocycles. The summed E-state index contributed by atoms with van der Waals surface area (Å²) in [4.78, 5) is 11.4. The normalized spacial score (nSPS) is 11.1. The molecule has 0 bridgehead atoms. The summed E-state index contributed by atoms with van der Waals surface area (Å²) in [5, 5.41) is 2.71. The van der Waals surface area contributed by atoms with E-state index in [9.17, 15) is 13.2 Å². The topological polar surface area (TPSA) is 66.5 Å². The predicted molar refractivity (Wildman–Crippen MR) is 72.1 cm³/mol. The van der Waals surface area contributed by atoms with Crippen LogP contribution in [0.3, 0.4) is 0 Å². The summed E-state index contributed by atoms with van der Waals surface area (Å²) in [7, 11) is -1.75. The molecule has 5 nitrogen and oxygen atoms in total. The summed E-state index contributed by atoms with van der Waals surface area (Å²) in [6.45, 7) is 2.47. The van der Waals surface area contributed by atoms with Crippen molar-refractivity contribution in [2.45, 2.75) is 13.3 Å². The van der Waals surface area contributed by atoms with Gasteiger partial charge in [0.05, 0.1) is 18.4 Å². The van der Waals surface area contributed by atoms with Crippen molar-refractivity contribution < 1.29 is 13.2 Å². The molecular weight excluding hydrogens is 252 g/mol. The maximum absolute atomic E-state index is 11.4. The molecule has 0 spiro atoms. The number of amides is 1. The SMILES string of the molecule is CCNC(=O)Cc1ccc(N(C)S(C)(=O)=O)cc1. The molecule has 1 N–H and O–H groups in total. The minimum Gasteiger partial charge on any atom is -0.356 e. The van der Waals surface area contributed by atoms with Crippen molar-refractivity contribution in [3.63, 3.8) is 0 Å². The van der Waals surface area contributed by atoms with Gasteiger partial charge in [-0.1, -0.05) is 12.1 Å². The number of carbonyl (C=O) groups is 1. The molecule has 0 aliphatic rings. The van der Waals surface area contributed by atoms with Crippen LogP contribution in [0.5, 0.6) is 0 Å². The molecule has 0 unspecified atom stereocenters. The second kappa shape index (κ2) is 5.86. The molecule has 0 aliphatic heterocycles. The lowest BCUT2D eigenvalue weighted by Crippen LogP contribution is -2.25. The Morgan fingerprint density at radius 2 is 1.83 bits per heavy atom. The van der Waals surface area contributed by atoms with E-state index in [0.29, 0.717) is 18.7 Å². The molecule has 0 fully saturated rings. The summed E-state index contributed by atoms with van der Waals surface area (Å²) in [6, 6.07) is 6.89. The zero-order valence-corrected chi connectivity index (χ0v) is 11.6. The van der Waals surface area contributed by atoms with Crippen molar-refractivity contribution >= 4 is 21.6 Å². The van der Waals surface area contributed by atoms with E-state index in [2.05, 4.69) is 5.32 Å². The zero-order chi connectivity index (χ0) is 13.8. The molecule has 1 amide bonds. The Kier molecular flexibility index (Phi) is 4.72. The smallest absolute Gasteiger partial charge is 0.231 e. The molecule has 0 atom stereocenters. The highest BCUT2D eigenvalue weighted by Crippen LogP contribution is 2.16. The van der Waals surface area contributed by atoms with E-state index in [1.165, 1.54) is 11.4 Å². The Labute approximate surface area is 108 Å². The summed E-state index contributed by atoms with van der Waals surface area (Å²) >= 11 is 0. The van der Waals surface area contributed by atoms with Gasteiger partial charge in [-0.15, -0.1) is 0 Å². The Morgan fingerprint density at radius 3 is 2.28 bits per heavy atom. The number of benzene rings is 1. The highest BCUT2D eigenvalue weighted by Gasteiger charge is 2.11. The van der Waals surface area contributed by atoms with Crippen LogP contribution in [0.25, 0.3) is 0 Å². The molecule has 1 aromatic rings. The largest absolute Gasteiger partial charge is 0.356 e. The molecular formula is C12H18N2O3S. The van der Waals surface area contributed by atoms with Gasteiger partial charge < -0.3 is 5.32 Å². The molecule has 18 heavy (non-hydrogen) atoms. The maximum Gasteiger partial charge on any atom is 0.231 e. The first-order valence-corrected chi connectivity index (χ1v) is 7.49. The number of hydrogen-bond donors (Lipinski definition) is 1. The minimum atomic E-state index is -3.25. The third-order valence-corrected chi connectivity index (χ3v) is 3.74. The van der Waals surface area contributed by atoms with Gasteiger partial charge in [-0.25, -0.2) is 8.42 Å². The van der Waals surface area contributed by atoms with Crippen LogP contribution in [0.15, 0.2) is 24.3 Å². The number of carbonyl (C=O) groups excluding carboxylic acids is 1. The van der Waals surface area contributed by atoms with Gasteiger partial charge in [-0.3, -0.25) is 9.10 Å². The number of rotatable bonds is 5. The average molecular weight is 270 g/mol. The first-order chi connectivity index (χ1) is 8.34. The van der Waals surface area contributed by atoms with Gasteiger partial charge in [0.2, 0.25) is 15.9 Å². The lowest BCUT2D eigenvalue weighted by molar-refractivity contribution is -0.120. The molecule has 0 aliphatic carbocycles. The monoisotopic (exact) mass is 270 g/mol. The van der Waals surface area contributed by atoms with Gasteiger partial charge in [0.1, 0.15) is 0 Å². The fourth-order valence-corrected chi connectivity index (χ4v) is 1.96. The highest BCUT2D eigenvalue weighted by molar-refractivity contribution is 7.92. The Balaban J connectivity index is 2.77. The van der Waals surface area contributed by atoms with Crippen molar-refractivity contribution in [2.24, 2.45) is 0 Å². The third kappa shape index (κ3) is 4.03. The molecule has 100 valence electrons. The summed E-state index contributed by atoms with van der Waals surface area (Å²) in [5.41, 5.74) is 1.43. The number of nitrogens with zero attached hydrogens (tertiary/aromatic N) is 1. The summed E-state index contributed by atoms with van der Waals surface area (Å²) < 4.78 is 23.9.